The van der Waals surface area contributed by atoms with Gasteiger partial charge in [-0.2, -0.15) is 12.6 Å². The van der Waals surface area contributed by atoms with Crippen LogP contribution in [-0.2, 0) is 0 Å². The van der Waals surface area contributed by atoms with Crippen LogP contribution in [0, 0.1) is 0 Å². The molecule has 0 aliphatic heterocycles. The van der Waals surface area contributed by atoms with E-state index >= 15 is 0 Å². The van der Waals surface area contributed by atoms with Gasteiger partial charge in [0.15, 0.2) is 0 Å². The molecule has 0 radical (unpaired) electrons. The van der Waals surface area contributed by atoms with Crippen LogP contribution in [0.4, 0.5) is 0 Å². The van der Waals surface area contributed by atoms with Crippen LogP contribution in [0.1, 0.15) is 0 Å². The van der Waals surface area contributed by atoms with Gasteiger partial charge in [0.25, 0.3) is 0 Å². The Morgan fingerprint density at radius 1 is 1.60 bits per heavy atom. The summed E-state index contributed by atoms with van der Waals surface area (Å²) >= 11 is 3.67. The summed E-state index contributed by atoms with van der Waals surface area (Å²) in [6.45, 7) is 0.184. The van der Waals surface area contributed by atoms with Crippen LogP contribution in [0.25, 0.3) is 0 Å². The third kappa shape index (κ3) is 12.6. The van der Waals surface area contributed by atoms with Crippen molar-refractivity contribution >= 4 is 22.7 Å². The van der Waals surface area contributed by atoms with Crippen molar-refractivity contribution in [2.75, 3.05) is 12.4 Å². The van der Waals surface area contributed by atoms with Crippen LogP contribution in [0.5, 0.6) is 0 Å². The first-order chi connectivity index (χ1) is 1.91. The molecule has 0 atom stereocenters. The zero-order valence-corrected chi connectivity index (χ0v) is 3.20. The molecule has 0 saturated heterocycles. The van der Waals surface area contributed by atoms with Crippen LogP contribution >= 0.6 is 12.6 Å². The first-order valence-corrected chi connectivity index (χ1v) is 1.76. The maximum absolute atomic E-state index is 7.80. The Labute approximate surface area is 41.0 Å². The van der Waals surface area contributed by atoms with Gasteiger partial charge in [-0.25, -0.2) is 0 Å². The van der Waals surface area contributed by atoms with E-state index in [1.165, 1.54) is 0 Å². The van der Waals surface area contributed by atoms with Gasteiger partial charge in [-0.1, -0.05) is 0 Å². The molecular formula is C2H8BeOS. The molecule has 0 saturated carbocycles. The van der Waals surface area contributed by atoms with Gasteiger partial charge in [0.1, 0.15) is 0 Å². The normalized spacial score (nSPS) is 6.00. The number of thiol groups is 1. The molecule has 1 nitrogen and oxygen atoms in total. The van der Waals surface area contributed by atoms with E-state index in [9.17, 15) is 0 Å². The number of aliphatic hydroxyl groups is 1. The van der Waals surface area contributed by atoms with Gasteiger partial charge in [-0.3, -0.25) is 0 Å². The van der Waals surface area contributed by atoms with Gasteiger partial charge >= 0.3 is 10.1 Å². The fraction of sp³-hybridized carbons (Fsp3) is 1.00. The molecule has 0 aromatic rings. The number of aliphatic hydroxyl groups excluding tert-OH is 1. The molecule has 0 aliphatic rings. The second kappa shape index (κ2) is 8.82. The summed E-state index contributed by atoms with van der Waals surface area (Å²) in [5.41, 5.74) is 0. The van der Waals surface area contributed by atoms with Gasteiger partial charge in [0, 0.05) is 5.75 Å². The molecule has 0 amide bonds. The minimum absolute atomic E-state index is 0. The molecule has 0 aromatic carbocycles. The maximum atomic E-state index is 7.80. The summed E-state index contributed by atoms with van der Waals surface area (Å²) in [6.07, 6.45) is 0. The first-order valence-electron chi connectivity index (χ1n) is 1.13. The molecule has 0 spiro atoms. The molecule has 0 rings (SSSR count). The van der Waals surface area contributed by atoms with E-state index in [0.29, 0.717) is 5.75 Å². The van der Waals surface area contributed by atoms with Gasteiger partial charge in [-0.15, -0.1) is 0 Å². The molecule has 3 heteroatoms. The van der Waals surface area contributed by atoms with E-state index in [2.05, 4.69) is 12.6 Å². The van der Waals surface area contributed by atoms with Crippen molar-refractivity contribution in [1.82, 2.24) is 0 Å². The van der Waals surface area contributed by atoms with Gasteiger partial charge in [0.2, 0.25) is 0 Å². The van der Waals surface area contributed by atoms with Crippen molar-refractivity contribution in [3.8, 4) is 0 Å². The summed E-state index contributed by atoms with van der Waals surface area (Å²) in [6, 6.07) is 0. The van der Waals surface area contributed by atoms with Crippen molar-refractivity contribution < 1.29 is 5.11 Å². The average molecular weight is 89.2 g/mol. The second-order valence-corrected chi connectivity index (χ2v) is 0.894. The van der Waals surface area contributed by atoms with Crippen molar-refractivity contribution in [3.63, 3.8) is 0 Å². The summed E-state index contributed by atoms with van der Waals surface area (Å²) in [4.78, 5) is 0. The summed E-state index contributed by atoms with van der Waals surface area (Å²) in [5, 5.41) is 7.80. The van der Waals surface area contributed by atoms with E-state index in [-0.39, 0.29) is 16.7 Å². The molecular weight excluding hydrogens is 81.1 g/mol. The molecule has 0 aromatic heterocycles. The van der Waals surface area contributed by atoms with Crippen LogP contribution in [-0.4, -0.2) is 27.6 Å². The number of rotatable bonds is 1. The summed E-state index contributed by atoms with van der Waals surface area (Å²) < 4.78 is 0. The van der Waals surface area contributed by atoms with Crippen LogP contribution < -0.4 is 0 Å². The molecule has 0 fully saturated rings. The third-order valence-electron chi connectivity index (χ3n) is 0.1000. The molecule has 1 N–H and O–H groups in total. The Bertz CT molecular complexity index is 11.6. The van der Waals surface area contributed by atoms with Crippen molar-refractivity contribution in [2.24, 2.45) is 0 Å². The van der Waals surface area contributed by atoms with Gasteiger partial charge in [0.05, 0.1) is 6.61 Å². The summed E-state index contributed by atoms with van der Waals surface area (Å²) in [7, 11) is 0. The molecule has 0 heterocycles. The topological polar surface area (TPSA) is 20.2 Å². The Morgan fingerprint density at radius 2 is 1.80 bits per heavy atom. The Hall–Kier alpha value is 0.479. The van der Waals surface area contributed by atoms with Crippen molar-refractivity contribution in [1.29, 1.82) is 0 Å². The van der Waals surface area contributed by atoms with Gasteiger partial charge in [-0.05, 0) is 0 Å². The number of hydrogen-bond acceptors (Lipinski definition) is 2. The molecule has 0 aliphatic carbocycles. The van der Waals surface area contributed by atoms with Crippen LogP contribution in [0.3, 0.4) is 0 Å². The number of hydrogen-bond donors (Lipinski definition) is 2. The van der Waals surface area contributed by atoms with E-state index in [1.54, 1.807) is 0 Å². The van der Waals surface area contributed by atoms with E-state index in [0.717, 1.165) is 0 Å². The van der Waals surface area contributed by atoms with Crippen molar-refractivity contribution in [3.05, 3.63) is 0 Å². The van der Waals surface area contributed by atoms with Gasteiger partial charge < -0.3 is 5.11 Å². The quantitative estimate of drug-likeness (QED) is 0.311. The molecule has 0 bridgehead atoms. The Morgan fingerprint density at radius 3 is 1.80 bits per heavy atom. The molecule has 5 heavy (non-hydrogen) atoms. The summed E-state index contributed by atoms with van der Waals surface area (Å²) in [5.74, 6) is 0.569. The first kappa shape index (κ1) is 9.08. The monoisotopic (exact) mass is 89.0 g/mol. The van der Waals surface area contributed by atoms with E-state index < -0.39 is 0 Å². The molecule has 30 valence electrons. The zero-order valence-electron chi connectivity index (χ0n) is 2.31. The fourth-order valence-corrected chi connectivity index (χ4v) is 0. The second-order valence-electron chi connectivity index (χ2n) is 0.447. The zero-order chi connectivity index (χ0) is 3.41. The Kier molecular flexibility index (Phi) is 16.0. The van der Waals surface area contributed by atoms with E-state index in [4.69, 9.17) is 5.11 Å². The van der Waals surface area contributed by atoms with Crippen LogP contribution in [0.2, 0.25) is 0 Å². The third-order valence-corrected chi connectivity index (χ3v) is 0.300. The van der Waals surface area contributed by atoms with Crippen LogP contribution in [0.15, 0.2) is 0 Å². The standard InChI is InChI=1S/C2H6OS.Be.2H/c3-1-2-4;;;/h3-4H,1-2H2;;;. The fourth-order valence-electron chi connectivity index (χ4n) is 0. The predicted octanol–water partition coefficient (Wildman–Crippen LogP) is -1.01. The molecule has 0 unspecified atom stereocenters. The van der Waals surface area contributed by atoms with Crippen molar-refractivity contribution in [2.45, 2.75) is 0 Å². The van der Waals surface area contributed by atoms with E-state index in [1.807, 2.05) is 0 Å². The Balaban J connectivity index is 0. The predicted molar refractivity (Wildman–Crippen MR) is 29.5 cm³/mol. The average Bonchev–Trinajstić information content (AvgIpc) is 1.37. The minimum atomic E-state index is 0. The SMILES string of the molecule is OCCS.[BeH2].